The molecule has 1 aliphatic heterocycles. The molecule has 0 bridgehead atoms. The van der Waals surface area contributed by atoms with E-state index >= 15 is 0 Å². The lowest BCUT2D eigenvalue weighted by atomic mass is 9.77. The van der Waals surface area contributed by atoms with Crippen LogP contribution < -0.4 is 4.90 Å². The summed E-state index contributed by atoms with van der Waals surface area (Å²) >= 11 is 5.99. The number of amides is 1. The molecule has 3 nitrogen and oxygen atoms in total. The van der Waals surface area contributed by atoms with E-state index < -0.39 is 22.9 Å². The van der Waals surface area contributed by atoms with Crippen molar-refractivity contribution in [2.75, 3.05) is 4.90 Å². The number of rotatable bonds is 4. The minimum absolute atomic E-state index is 0.00881. The Morgan fingerprint density at radius 3 is 2.21 bits per heavy atom. The number of benzene rings is 3. The maximum Gasteiger partial charge on any atom is 0.242 e. The van der Waals surface area contributed by atoms with Crippen molar-refractivity contribution in [1.82, 2.24) is 4.98 Å². The first-order valence-corrected chi connectivity index (χ1v) is 10.9. The molecule has 4 aromatic rings. The molecule has 0 spiro atoms. The molecule has 34 heavy (non-hydrogen) atoms. The molecule has 1 atom stereocenters. The van der Waals surface area contributed by atoms with Gasteiger partial charge >= 0.3 is 0 Å². The Hall–Kier alpha value is -3.64. The third kappa shape index (κ3) is 3.74. The van der Waals surface area contributed by atoms with Crippen LogP contribution in [0.25, 0.3) is 11.1 Å². The molecule has 0 radical (unpaired) electrons. The predicted molar refractivity (Wildman–Crippen MR) is 126 cm³/mol. The fourth-order valence-corrected chi connectivity index (χ4v) is 4.72. The van der Waals surface area contributed by atoms with Gasteiger partial charge < -0.3 is 0 Å². The van der Waals surface area contributed by atoms with Crippen LogP contribution in [0.15, 0.2) is 79.1 Å². The molecule has 0 N–H and O–H groups in total. The van der Waals surface area contributed by atoms with Gasteiger partial charge in [-0.05, 0) is 84.1 Å². The minimum atomic E-state index is -1.11. The second kappa shape index (κ2) is 8.29. The third-order valence-electron chi connectivity index (χ3n) is 6.16. The van der Waals surface area contributed by atoms with E-state index in [9.17, 15) is 18.0 Å². The Kier molecular flexibility index (Phi) is 5.41. The smallest absolute Gasteiger partial charge is 0.242 e. The highest BCUT2D eigenvalue weighted by Gasteiger charge is 2.48. The summed E-state index contributed by atoms with van der Waals surface area (Å²) in [6.07, 6.45) is 3.27. The summed E-state index contributed by atoms with van der Waals surface area (Å²) in [7, 11) is 0. The number of pyridine rings is 1. The molecule has 0 saturated heterocycles. The maximum absolute atomic E-state index is 13.9. The minimum Gasteiger partial charge on any atom is -0.280 e. The Labute approximate surface area is 199 Å². The Balaban J connectivity index is 1.68. The SMILES string of the molecule is CC1(Cc2cc(F)cc(F)c2)C(=O)N(c2ccncc2)c2ccc(-c3ccc(F)c(Cl)c3)cc21. The van der Waals surface area contributed by atoms with Crippen LogP contribution in [0.3, 0.4) is 0 Å². The second-order valence-corrected chi connectivity index (χ2v) is 8.90. The van der Waals surface area contributed by atoms with E-state index in [0.717, 1.165) is 11.6 Å². The Morgan fingerprint density at radius 1 is 0.882 bits per heavy atom. The fraction of sp³-hybridized carbons (Fsp3) is 0.111. The highest BCUT2D eigenvalue weighted by Crippen LogP contribution is 2.48. The standard InChI is InChI=1S/C27H18ClF3N2O/c1-27(15-16-10-19(29)14-20(30)11-16)22-12-17(18-2-4-24(31)23(28)13-18)3-5-25(22)33(26(27)34)21-6-8-32-9-7-21/h2-14H,15H2,1H3. The average Bonchev–Trinajstić information content (AvgIpc) is 3.01. The van der Waals surface area contributed by atoms with Crippen LogP contribution in [-0.4, -0.2) is 10.9 Å². The van der Waals surface area contributed by atoms with E-state index in [1.807, 2.05) is 18.2 Å². The van der Waals surface area contributed by atoms with Crippen molar-refractivity contribution in [3.8, 4) is 11.1 Å². The van der Waals surface area contributed by atoms with E-state index in [1.54, 1.807) is 42.4 Å². The zero-order chi connectivity index (χ0) is 24.0. The number of carbonyl (C=O) groups is 1. The first-order chi connectivity index (χ1) is 16.3. The average molecular weight is 479 g/mol. The molecule has 3 aromatic carbocycles. The summed E-state index contributed by atoms with van der Waals surface area (Å²) in [4.78, 5) is 19.5. The summed E-state index contributed by atoms with van der Waals surface area (Å²) < 4.78 is 41.6. The number of halogens is 4. The first-order valence-electron chi connectivity index (χ1n) is 10.6. The molecular formula is C27H18ClF3N2O. The second-order valence-electron chi connectivity index (χ2n) is 8.49. The van der Waals surface area contributed by atoms with Gasteiger partial charge in [0.15, 0.2) is 0 Å². The van der Waals surface area contributed by atoms with Crippen LogP contribution in [0.5, 0.6) is 0 Å². The van der Waals surface area contributed by atoms with Gasteiger partial charge in [-0.25, -0.2) is 13.2 Å². The van der Waals surface area contributed by atoms with Crippen LogP contribution in [0, 0.1) is 17.5 Å². The molecule has 1 aromatic heterocycles. The van der Waals surface area contributed by atoms with Crippen molar-refractivity contribution in [2.24, 2.45) is 0 Å². The fourth-order valence-electron chi connectivity index (χ4n) is 4.54. The molecule has 5 rings (SSSR count). The van der Waals surface area contributed by atoms with Gasteiger partial charge in [0.25, 0.3) is 0 Å². The number of anilines is 2. The summed E-state index contributed by atoms with van der Waals surface area (Å²) in [6.45, 7) is 1.76. The molecule has 170 valence electrons. The summed E-state index contributed by atoms with van der Waals surface area (Å²) in [5.74, 6) is -2.16. The van der Waals surface area contributed by atoms with Crippen molar-refractivity contribution in [3.63, 3.8) is 0 Å². The van der Waals surface area contributed by atoms with Gasteiger partial charge in [0.05, 0.1) is 21.8 Å². The molecule has 0 aliphatic carbocycles. The van der Waals surface area contributed by atoms with E-state index in [2.05, 4.69) is 4.98 Å². The lowest BCUT2D eigenvalue weighted by Crippen LogP contribution is -2.37. The van der Waals surface area contributed by atoms with Gasteiger partial charge in [0.2, 0.25) is 5.91 Å². The van der Waals surface area contributed by atoms with E-state index in [1.165, 1.54) is 24.3 Å². The highest BCUT2D eigenvalue weighted by molar-refractivity contribution is 6.31. The van der Waals surface area contributed by atoms with Crippen molar-refractivity contribution < 1.29 is 18.0 Å². The number of fused-ring (bicyclic) bond motifs is 1. The molecule has 1 aliphatic rings. The van der Waals surface area contributed by atoms with Gasteiger partial charge in [-0.3, -0.25) is 14.7 Å². The van der Waals surface area contributed by atoms with E-state index in [4.69, 9.17) is 11.6 Å². The first kappa shape index (κ1) is 22.2. The number of hydrogen-bond acceptors (Lipinski definition) is 2. The lowest BCUT2D eigenvalue weighted by molar-refractivity contribution is -0.121. The van der Waals surface area contributed by atoms with Gasteiger partial charge in [-0.15, -0.1) is 0 Å². The monoisotopic (exact) mass is 478 g/mol. The van der Waals surface area contributed by atoms with Gasteiger partial charge in [-0.2, -0.15) is 0 Å². The van der Waals surface area contributed by atoms with Crippen LogP contribution >= 0.6 is 11.6 Å². The number of aromatic nitrogens is 1. The summed E-state index contributed by atoms with van der Waals surface area (Å²) in [6, 6.07) is 16.6. The predicted octanol–water partition coefficient (Wildman–Crippen LogP) is 7.00. The van der Waals surface area contributed by atoms with Gasteiger partial charge in [0.1, 0.15) is 17.5 Å². The zero-order valence-corrected chi connectivity index (χ0v) is 18.8. The highest BCUT2D eigenvalue weighted by atomic mass is 35.5. The number of hydrogen-bond donors (Lipinski definition) is 0. The molecule has 0 saturated carbocycles. The van der Waals surface area contributed by atoms with E-state index in [0.29, 0.717) is 28.1 Å². The van der Waals surface area contributed by atoms with Crippen molar-refractivity contribution >= 4 is 28.9 Å². The lowest BCUT2D eigenvalue weighted by Gasteiger charge is -2.25. The van der Waals surface area contributed by atoms with E-state index in [-0.39, 0.29) is 17.4 Å². The summed E-state index contributed by atoms with van der Waals surface area (Å²) in [5, 5.41) is -0.00881. The molecule has 0 fully saturated rings. The Morgan fingerprint density at radius 2 is 1.53 bits per heavy atom. The third-order valence-corrected chi connectivity index (χ3v) is 6.45. The van der Waals surface area contributed by atoms with Crippen molar-refractivity contribution in [1.29, 1.82) is 0 Å². The molecule has 1 amide bonds. The Bertz CT molecular complexity index is 1410. The van der Waals surface area contributed by atoms with Crippen LogP contribution in [0.2, 0.25) is 5.02 Å². The largest absolute Gasteiger partial charge is 0.280 e. The quantitative estimate of drug-likeness (QED) is 0.316. The van der Waals surface area contributed by atoms with Crippen LogP contribution in [-0.2, 0) is 16.6 Å². The molecule has 7 heteroatoms. The van der Waals surface area contributed by atoms with Crippen LogP contribution in [0.4, 0.5) is 24.5 Å². The van der Waals surface area contributed by atoms with Gasteiger partial charge in [0, 0.05) is 18.5 Å². The topological polar surface area (TPSA) is 33.2 Å². The van der Waals surface area contributed by atoms with Crippen molar-refractivity contribution in [2.45, 2.75) is 18.8 Å². The van der Waals surface area contributed by atoms with Crippen molar-refractivity contribution in [3.05, 3.63) is 113 Å². The summed E-state index contributed by atoms with van der Waals surface area (Å²) in [5.41, 5.74) is 2.66. The van der Waals surface area contributed by atoms with Crippen LogP contribution in [0.1, 0.15) is 18.1 Å². The number of carbonyl (C=O) groups excluding carboxylic acids is 1. The van der Waals surface area contributed by atoms with Gasteiger partial charge in [-0.1, -0.05) is 23.7 Å². The maximum atomic E-state index is 13.9. The number of nitrogens with zero attached hydrogens (tertiary/aromatic N) is 2. The zero-order valence-electron chi connectivity index (χ0n) is 18.0. The normalized spacial score (nSPS) is 17.2. The molecule has 1 unspecified atom stereocenters. The molecule has 2 heterocycles. The molecular weight excluding hydrogens is 461 g/mol.